The van der Waals surface area contributed by atoms with Crippen molar-refractivity contribution < 1.29 is 18.7 Å². The van der Waals surface area contributed by atoms with Crippen molar-refractivity contribution in [1.29, 1.82) is 0 Å². The summed E-state index contributed by atoms with van der Waals surface area (Å²) in [5, 5.41) is 12.2. The van der Waals surface area contributed by atoms with Crippen molar-refractivity contribution >= 4 is 22.6 Å². The number of anilines is 1. The smallest absolute Gasteiger partial charge is 0.341 e. The molecule has 0 saturated carbocycles. The zero-order chi connectivity index (χ0) is 20.5. The van der Waals surface area contributed by atoms with Crippen molar-refractivity contribution in [3.05, 3.63) is 75.6 Å². The molecule has 2 N–H and O–H groups in total. The van der Waals surface area contributed by atoms with Gasteiger partial charge in [-0.05, 0) is 11.6 Å². The number of pyridine rings is 1. The van der Waals surface area contributed by atoms with E-state index in [-0.39, 0.29) is 23.1 Å². The number of carboxylic acids is 1. The number of halogens is 2. The molecule has 150 valence electrons. The highest BCUT2D eigenvalue weighted by molar-refractivity contribution is 5.94. The predicted molar refractivity (Wildman–Crippen MR) is 106 cm³/mol. The average molecular weight is 399 g/mol. The highest BCUT2D eigenvalue weighted by Gasteiger charge is 2.25. The number of carbonyl (C=O) groups is 1. The molecule has 0 aliphatic carbocycles. The number of nitrogens with one attached hydrogen (secondary N) is 1. The number of benzene rings is 2. The Morgan fingerprint density at radius 2 is 1.83 bits per heavy atom. The Morgan fingerprint density at radius 1 is 1.14 bits per heavy atom. The number of hydrogen-bond acceptors (Lipinski definition) is 4. The summed E-state index contributed by atoms with van der Waals surface area (Å²) in [4.78, 5) is 25.8. The molecule has 8 heteroatoms. The van der Waals surface area contributed by atoms with Gasteiger partial charge in [-0.3, -0.25) is 4.79 Å². The first kappa shape index (κ1) is 19.1. The predicted octanol–water partition coefficient (Wildman–Crippen LogP) is 2.44. The van der Waals surface area contributed by atoms with Crippen LogP contribution in [0.2, 0.25) is 0 Å². The molecule has 29 heavy (non-hydrogen) atoms. The number of piperazine rings is 1. The van der Waals surface area contributed by atoms with Crippen LogP contribution >= 0.6 is 0 Å². The Labute approximate surface area is 165 Å². The lowest BCUT2D eigenvalue weighted by Gasteiger charge is -2.30. The third-order valence-corrected chi connectivity index (χ3v) is 5.09. The third kappa shape index (κ3) is 3.47. The molecule has 6 nitrogen and oxygen atoms in total. The van der Waals surface area contributed by atoms with E-state index in [4.69, 9.17) is 0 Å². The van der Waals surface area contributed by atoms with Crippen molar-refractivity contribution in [3.8, 4) is 0 Å². The van der Waals surface area contributed by atoms with E-state index >= 15 is 4.39 Å². The van der Waals surface area contributed by atoms with Crippen LogP contribution in [0.1, 0.15) is 15.9 Å². The second-order valence-electron chi connectivity index (χ2n) is 6.94. The van der Waals surface area contributed by atoms with Gasteiger partial charge in [-0.25, -0.2) is 13.6 Å². The SMILES string of the molecule is O=C(O)c1cn(Cc2ccccc2)c2c(F)c(N3CCNCC3)c(F)cc2c1=O. The van der Waals surface area contributed by atoms with E-state index in [0.717, 1.165) is 17.8 Å². The second-order valence-corrected chi connectivity index (χ2v) is 6.94. The molecule has 0 spiro atoms. The topological polar surface area (TPSA) is 74.6 Å². The molecule has 1 aliphatic heterocycles. The van der Waals surface area contributed by atoms with Gasteiger partial charge in [-0.1, -0.05) is 30.3 Å². The van der Waals surface area contributed by atoms with Gasteiger partial charge < -0.3 is 19.9 Å². The highest BCUT2D eigenvalue weighted by atomic mass is 19.1. The van der Waals surface area contributed by atoms with Crippen LogP contribution in [0.15, 0.2) is 47.4 Å². The fourth-order valence-electron chi connectivity index (χ4n) is 3.71. The number of carboxylic acid groups (broad SMARTS) is 1. The molecule has 1 aromatic heterocycles. The first-order chi connectivity index (χ1) is 14.0. The summed E-state index contributed by atoms with van der Waals surface area (Å²) >= 11 is 0. The number of fused-ring (bicyclic) bond motifs is 1. The van der Waals surface area contributed by atoms with E-state index in [1.165, 1.54) is 4.57 Å². The summed E-state index contributed by atoms with van der Waals surface area (Å²) in [5.74, 6) is -3.17. The van der Waals surface area contributed by atoms with Gasteiger partial charge in [-0.2, -0.15) is 0 Å². The van der Waals surface area contributed by atoms with Crippen LogP contribution in [0.4, 0.5) is 14.5 Å². The van der Waals surface area contributed by atoms with Crippen molar-refractivity contribution in [2.75, 3.05) is 31.1 Å². The largest absolute Gasteiger partial charge is 0.477 e. The van der Waals surface area contributed by atoms with E-state index in [9.17, 15) is 19.1 Å². The van der Waals surface area contributed by atoms with Gasteiger partial charge in [0.25, 0.3) is 0 Å². The number of aromatic carboxylic acids is 1. The Balaban J connectivity index is 1.99. The normalized spacial score (nSPS) is 14.3. The molecule has 1 fully saturated rings. The van der Waals surface area contributed by atoms with E-state index in [2.05, 4.69) is 5.32 Å². The van der Waals surface area contributed by atoms with E-state index < -0.39 is 28.6 Å². The minimum Gasteiger partial charge on any atom is -0.477 e. The molecule has 0 radical (unpaired) electrons. The van der Waals surface area contributed by atoms with Gasteiger partial charge in [0.2, 0.25) is 5.43 Å². The van der Waals surface area contributed by atoms with Crippen LogP contribution in [-0.4, -0.2) is 41.8 Å². The lowest BCUT2D eigenvalue weighted by Crippen LogP contribution is -2.44. The number of nitrogens with zero attached hydrogens (tertiary/aromatic N) is 2. The fourth-order valence-corrected chi connectivity index (χ4v) is 3.71. The molecule has 2 heterocycles. The fraction of sp³-hybridized carbons (Fsp3) is 0.238. The number of hydrogen-bond donors (Lipinski definition) is 2. The Morgan fingerprint density at radius 3 is 2.48 bits per heavy atom. The van der Waals surface area contributed by atoms with Gasteiger partial charge in [-0.15, -0.1) is 0 Å². The maximum absolute atomic E-state index is 15.6. The Kier molecular flexibility index (Phi) is 5.02. The second kappa shape index (κ2) is 7.63. The summed E-state index contributed by atoms with van der Waals surface area (Å²) in [7, 11) is 0. The molecule has 0 bridgehead atoms. The van der Waals surface area contributed by atoms with Crippen LogP contribution in [0.25, 0.3) is 10.9 Å². The highest BCUT2D eigenvalue weighted by Crippen LogP contribution is 2.30. The Bertz CT molecular complexity index is 1140. The standard InChI is InChI=1S/C21H19F2N3O3/c22-16-10-14-18(17(23)19(16)25-8-6-24-7-9-25)26(11-13-4-2-1-3-5-13)12-15(20(14)27)21(28)29/h1-5,10,12,24H,6-9,11H2,(H,28,29). The van der Waals surface area contributed by atoms with Gasteiger partial charge in [0.05, 0.1) is 10.9 Å². The summed E-state index contributed by atoms with van der Waals surface area (Å²) in [6, 6.07) is 10.0. The first-order valence-electron chi connectivity index (χ1n) is 9.25. The minimum absolute atomic E-state index is 0.0983. The van der Waals surface area contributed by atoms with Gasteiger partial charge in [0.1, 0.15) is 17.1 Å². The molecule has 3 aromatic rings. The van der Waals surface area contributed by atoms with Gasteiger partial charge in [0, 0.05) is 38.9 Å². The lowest BCUT2D eigenvalue weighted by molar-refractivity contribution is 0.0695. The maximum atomic E-state index is 15.6. The zero-order valence-corrected chi connectivity index (χ0v) is 15.5. The van der Waals surface area contributed by atoms with Crippen molar-refractivity contribution in [2.24, 2.45) is 0 Å². The van der Waals surface area contributed by atoms with Crippen LogP contribution in [-0.2, 0) is 6.54 Å². The number of rotatable bonds is 4. The molecule has 0 unspecified atom stereocenters. The van der Waals surface area contributed by atoms with Crippen molar-refractivity contribution in [3.63, 3.8) is 0 Å². The van der Waals surface area contributed by atoms with Crippen LogP contribution in [0.3, 0.4) is 0 Å². The van der Waals surface area contributed by atoms with Gasteiger partial charge >= 0.3 is 5.97 Å². The number of aromatic nitrogens is 1. The molecule has 0 atom stereocenters. The summed E-state index contributed by atoms with van der Waals surface area (Å²) in [5.41, 5.74) is -0.924. The molecule has 2 aromatic carbocycles. The Hall–Kier alpha value is -3.26. The summed E-state index contributed by atoms with van der Waals surface area (Å²) in [6.45, 7) is 2.17. The van der Waals surface area contributed by atoms with Gasteiger partial charge in [0.15, 0.2) is 5.82 Å². The molecule has 1 aliphatic rings. The van der Waals surface area contributed by atoms with E-state index in [1.807, 2.05) is 18.2 Å². The van der Waals surface area contributed by atoms with Crippen molar-refractivity contribution in [2.45, 2.75) is 6.54 Å². The molecule has 1 saturated heterocycles. The molecular formula is C21H19F2N3O3. The minimum atomic E-state index is -1.44. The van der Waals surface area contributed by atoms with Crippen molar-refractivity contribution in [1.82, 2.24) is 9.88 Å². The lowest BCUT2D eigenvalue weighted by atomic mass is 10.1. The zero-order valence-electron chi connectivity index (χ0n) is 15.5. The van der Waals surface area contributed by atoms with Crippen LogP contribution in [0.5, 0.6) is 0 Å². The van der Waals surface area contributed by atoms with E-state index in [1.54, 1.807) is 17.0 Å². The first-order valence-corrected chi connectivity index (χ1v) is 9.25. The third-order valence-electron chi connectivity index (χ3n) is 5.09. The molecule has 4 rings (SSSR count). The quantitative estimate of drug-likeness (QED) is 0.705. The molecule has 0 amide bonds. The van der Waals surface area contributed by atoms with E-state index in [0.29, 0.717) is 26.2 Å². The maximum Gasteiger partial charge on any atom is 0.341 e. The van der Waals surface area contributed by atoms with Crippen LogP contribution in [0, 0.1) is 11.6 Å². The summed E-state index contributed by atoms with van der Waals surface area (Å²) in [6.07, 6.45) is 1.13. The monoisotopic (exact) mass is 399 g/mol. The average Bonchev–Trinajstić information content (AvgIpc) is 2.71. The van der Waals surface area contributed by atoms with Crippen LogP contribution < -0.4 is 15.6 Å². The summed E-state index contributed by atoms with van der Waals surface area (Å²) < 4.78 is 31.8. The molecular weight excluding hydrogens is 380 g/mol.